The van der Waals surface area contributed by atoms with Crippen molar-refractivity contribution < 1.29 is 5.11 Å². The van der Waals surface area contributed by atoms with Gasteiger partial charge in [0.05, 0.1) is 28.5 Å². The van der Waals surface area contributed by atoms with Gasteiger partial charge in [-0.2, -0.15) is 5.10 Å². The van der Waals surface area contributed by atoms with E-state index in [1.54, 1.807) is 18.6 Å². The summed E-state index contributed by atoms with van der Waals surface area (Å²) in [5.41, 5.74) is 6.83. The summed E-state index contributed by atoms with van der Waals surface area (Å²) < 4.78 is 0. The summed E-state index contributed by atoms with van der Waals surface area (Å²) in [5, 5.41) is 22.1. The minimum atomic E-state index is -0.700. The fraction of sp³-hybridized carbons (Fsp3) is 0.357. The molecule has 4 aromatic heterocycles. The lowest BCUT2D eigenvalue weighted by Crippen LogP contribution is -2.33. The van der Waals surface area contributed by atoms with Crippen LogP contribution in [0.2, 0.25) is 0 Å². The predicted molar refractivity (Wildman–Crippen MR) is 147 cm³/mol. The van der Waals surface area contributed by atoms with E-state index in [2.05, 4.69) is 59.6 Å². The molecule has 0 saturated carbocycles. The van der Waals surface area contributed by atoms with Crippen LogP contribution in [0.1, 0.15) is 40.0 Å². The third kappa shape index (κ3) is 4.51. The van der Waals surface area contributed by atoms with Crippen LogP contribution in [0.15, 0.2) is 48.9 Å². The van der Waals surface area contributed by atoms with Crippen molar-refractivity contribution in [2.24, 2.45) is 5.41 Å². The Bertz CT molecular complexity index is 1560. The second-order valence-electron chi connectivity index (χ2n) is 10.9. The number of anilines is 2. The smallest absolute Gasteiger partial charge is 0.181 e. The maximum absolute atomic E-state index is 10.5. The minimum absolute atomic E-state index is 0.303. The van der Waals surface area contributed by atoms with E-state index in [0.29, 0.717) is 5.65 Å². The SMILES string of the molecule is CC(C)(C)C(O)Nc1cncc(-c2cnc3n[nH]c(-c4nc5c(N6CCCCC6)cccc5[nH]4)c3c2)c1. The summed E-state index contributed by atoms with van der Waals surface area (Å²) in [6.07, 6.45) is 8.32. The van der Waals surface area contributed by atoms with Crippen LogP contribution in [0.3, 0.4) is 0 Å². The average Bonchev–Trinajstić information content (AvgIpc) is 3.52. The molecule has 1 aromatic carbocycles. The standard InChI is InChI=1S/C28H32N8O/c1-28(2,3)27(37)31-19-12-17(14-29-16-19)18-13-20-23(34-35-25(20)30-15-18)26-32-21-8-7-9-22(24(21)33-26)36-10-5-4-6-11-36/h7-9,12-16,27,31,37H,4-6,10-11H2,1-3H3,(H,32,33)(H,30,34,35). The molecule has 5 heterocycles. The lowest BCUT2D eigenvalue weighted by molar-refractivity contribution is 0.0880. The summed E-state index contributed by atoms with van der Waals surface area (Å²) in [6.45, 7) is 8.07. The zero-order valence-corrected chi connectivity index (χ0v) is 21.4. The first-order chi connectivity index (χ1) is 17.9. The zero-order valence-electron chi connectivity index (χ0n) is 21.4. The molecule has 0 radical (unpaired) electrons. The highest BCUT2D eigenvalue weighted by atomic mass is 16.3. The van der Waals surface area contributed by atoms with E-state index in [-0.39, 0.29) is 5.41 Å². The summed E-state index contributed by atoms with van der Waals surface area (Å²) in [7, 11) is 0. The third-order valence-corrected chi connectivity index (χ3v) is 7.03. The van der Waals surface area contributed by atoms with Crippen molar-refractivity contribution in [1.29, 1.82) is 0 Å². The monoisotopic (exact) mass is 496 g/mol. The van der Waals surface area contributed by atoms with Crippen molar-refractivity contribution in [2.75, 3.05) is 23.3 Å². The van der Waals surface area contributed by atoms with Gasteiger partial charge in [-0.15, -0.1) is 0 Å². The Morgan fingerprint density at radius 1 is 1.03 bits per heavy atom. The molecule has 1 unspecified atom stereocenters. The summed E-state index contributed by atoms with van der Waals surface area (Å²) in [6, 6.07) is 10.3. The topological polar surface area (TPSA) is 119 Å². The number of nitrogens with zero attached hydrogens (tertiary/aromatic N) is 5. The van der Waals surface area contributed by atoms with E-state index in [1.807, 2.05) is 26.8 Å². The number of nitrogens with one attached hydrogen (secondary N) is 3. The van der Waals surface area contributed by atoms with E-state index in [4.69, 9.17) is 4.98 Å². The maximum Gasteiger partial charge on any atom is 0.181 e. The number of hydrogen-bond acceptors (Lipinski definition) is 7. The number of H-pyrrole nitrogens is 2. The molecule has 1 fully saturated rings. The van der Waals surface area contributed by atoms with Crippen LogP contribution in [-0.4, -0.2) is 54.6 Å². The lowest BCUT2D eigenvalue weighted by Gasteiger charge is -2.28. The number of rotatable bonds is 5. The number of piperidine rings is 1. The molecule has 1 saturated heterocycles. The highest BCUT2D eigenvalue weighted by molar-refractivity contribution is 5.96. The number of hydrogen-bond donors (Lipinski definition) is 4. The van der Waals surface area contributed by atoms with Gasteiger partial charge in [0.2, 0.25) is 0 Å². The molecule has 9 nitrogen and oxygen atoms in total. The molecule has 5 aromatic rings. The predicted octanol–water partition coefficient (Wildman–Crippen LogP) is 5.33. The first-order valence-corrected chi connectivity index (χ1v) is 12.8. The highest BCUT2D eigenvalue weighted by Crippen LogP contribution is 2.33. The van der Waals surface area contributed by atoms with Gasteiger partial charge in [0.25, 0.3) is 0 Å². The number of aromatic nitrogens is 6. The Morgan fingerprint density at radius 3 is 2.65 bits per heavy atom. The first kappa shape index (κ1) is 23.4. The van der Waals surface area contributed by atoms with Crippen LogP contribution >= 0.6 is 0 Å². The molecule has 9 heteroatoms. The van der Waals surface area contributed by atoms with Crippen LogP contribution in [-0.2, 0) is 0 Å². The molecule has 190 valence electrons. The number of pyridine rings is 2. The van der Waals surface area contributed by atoms with Crippen molar-refractivity contribution in [2.45, 2.75) is 46.3 Å². The molecule has 0 aliphatic carbocycles. The van der Waals surface area contributed by atoms with Gasteiger partial charge in [-0.3, -0.25) is 10.1 Å². The van der Waals surface area contributed by atoms with E-state index >= 15 is 0 Å². The van der Waals surface area contributed by atoms with Gasteiger partial charge in [0, 0.05) is 42.0 Å². The van der Waals surface area contributed by atoms with Crippen LogP contribution in [0.25, 0.3) is 44.7 Å². The molecular weight excluding hydrogens is 464 g/mol. The first-order valence-electron chi connectivity index (χ1n) is 12.8. The van der Waals surface area contributed by atoms with Crippen molar-refractivity contribution >= 4 is 33.4 Å². The van der Waals surface area contributed by atoms with Gasteiger partial charge in [0.1, 0.15) is 17.4 Å². The Morgan fingerprint density at radius 2 is 1.84 bits per heavy atom. The van der Waals surface area contributed by atoms with Gasteiger partial charge in [0.15, 0.2) is 11.5 Å². The van der Waals surface area contributed by atoms with Crippen molar-refractivity contribution in [3.63, 3.8) is 0 Å². The normalized spacial score (nSPS) is 15.4. The Hall–Kier alpha value is -3.98. The molecular formula is C28H32N8O. The van der Waals surface area contributed by atoms with Crippen LogP contribution in [0, 0.1) is 5.41 Å². The van der Waals surface area contributed by atoms with Gasteiger partial charge in [-0.05, 0) is 43.5 Å². The van der Waals surface area contributed by atoms with E-state index in [0.717, 1.165) is 57.8 Å². The molecule has 6 rings (SSSR count). The number of aliphatic hydroxyl groups excluding tert-OH is 1. The number of aromatic amines is 2. The molecule has 37 heavy (non-hydrogen) atoms. The molecule has 0 spiro atoms. The van der Waals surface area contributed by atoms with Crippen molar-refractivity contribution in [1.82, 2.24) is 30.1 Å². The second-order valence-corrected chi connectivity index (χ2v) is 10.9. The molecule has 1 aliphatic heterocycles. The largest absolute Gasteiger partial charge is 0.373 e. The number of imidazole rings is 1. The molecule has 1 aliphatic rings. The van der Waals surface area contributed by atoms with Gasteiger partial charge in [-0.1, -0.05) is 26.8 Å². The number of aliphatic hydroxyl groups is 1. The average molecular weight is 497 g/mol. The fourth-order valence-electron chi connectivity index (χ4n) is 4.81. The summed E-state index contributed by atoms with van der Waals surface area (Å²) in [5.74, 6) is 0.739. The Labute approximate surface area is 215 Å². The zero-order chi connectivity index (χ0) is 25.6. The molecule has 0 bridgehead atoms. The van der Waals surface area contributed by atoms with Crippen molar-refractivity contribution in [3.8, 4) is 22.6 Å². The quantitative estimate of drug-likeness (QED) is 0.243. The highest BCUT2D eigenvalue weighted by Gasteiger charge is 2.22. The number of fused-ring (bicyclic) bond motifs is 2. The number of benzene rings is 1. The Balaban J connectivity index is 1.36. The van der Waals surface area contributed by atoms with E-state index in [1.165, 1.54) is 24.9 Å². The third-order valence-electron chi connectivity index (χ3n) is 7.03. The minimum Gasteiger partial charge on any atom is -0.373 e. The van der Waals surface area contributed by atoms with E-state index in [9.17, 15) is 5.11 Å². The maximum atomic E-state index is 10.5. The van der Waals surface area contributed by atoms with Gasteiger partial charge < -0.3 is 20.3 Å². The van der Waals surface area contributed by atoms with Crippen LogP contribution < -0.4 is 10.2 Å². The van der Waals surface area contributed by atoms with Gasteiger partial charge >= 0.3 is 0 Å². The fourth-order valence-corrected chi connectivity index (χ4v) is 4.81. The number of para-hydroxylation sites is 1. The van der Waals surface area contributed by atoms with Crippen molar-refractivity contribution in [3.05, 3.63) is 48.9 Å². The molecule has 1 atom stereocenters. The molecule has 0 amide bonds. The Kier molecular flexibility index (Phi) is 5.79. The molecule has 4 N–H and O–H groups in total. The van der Waals surface area contributed by atoms with Crippen LogP contribution in [0.5, 0.6) is 0 Å². The van der Waals surface area contributed by atoms with Gasteiger partial charge in [-0.25, -0.2) is 9.97 Å². The lowest BCUT2D eigenvalue weighted by atomic mass is 9.94. The van der Waals surface area contributed by atoms with E-state index < -0.39 is 6.23 Å². The summed E-state index contributed by atoms with van der Waals surface area (Å²) >= 11 is 0. The summed E-state index contributed by atoms with van der Waals surface area (Å²) in [4.78, 5) is 19.9. The second kappa shape index (κ2) is 9.15. The van der Waals surface area contributed by atoms with Crippen LogP contribution in [0.4, 0.5) is 11.4 Å².